The van der Waals surface area contributed by atoms with Crippen molar-refractivity contribution in [3.05, 3.63) is 29.0 Å². The molecule has 14 heavy (non-hydrogen) atoms. The first-order valence-corrected chi connectivity index (χ1v) is 4.37. The lowest BCUT2D eigenvalue weighted by molar-refractivity contribution is -0.142. The van der Waals surface area contributed by atoms with Crippen molar-refractivity contribution in [3.63, 3.8) is 0 Å². The predicted octanol–water partition coefficient (Wildman–Crippen LogP) is 1.33. The van der Waals surface area contributed by atoms with E-state index in [1.807, 2.05) is 0 Å². The molecule has 1 aromatic heterocycles. The number of carbonyl (C=O) groups excluding carboxylic acids is 1. The number of hydrogen-bond acceptors (Lipinski definition) is 4. The third-order valence-corrected chi connectivity index (χ3v) is 1.90. The van der Waals surface area contributed by atoms with E-state index >= 15 is 0 Å². The summed E-state index contributed by atoms with van der Waals surface area (Å²) in [6, 6.07) is 3.17. The summed E-state index contributed by atoms with van der Waals surface area (Å²) in [4.78, 5) is 14.7. The number of nitrogens with zero attached hydrogens (tertiary/aromatic N) is 1. The van der Waals surface area contributed by atoms with Gasteiger partial charge in [-0.05, 0) is 12.1 Å². The van der Waals surface area contributed by atoms with Crippen molar-refractivity contribution in [2.75, 3.05) is 7.11 Å². The zero-order valence-corrected chi connectivity index (χ0v) is 8.36. The van der Waals surface area contributed by atoms with Crippen LogP contribution in [0.4, 0.5) is 0 Å². The second-order valence-electron chi connectivity index (χ2n) is 2.70. The van der Waals surface area contributed by atoms with Crippen molar-refractivity contribution in [2.24, 2.45) is 0 Å². The summed E-state index contributed by atoms with van der Waals surface area (Å²) in [5.74, 6) is -0.478. The predicted molar refractivity (Wildman–Crippen MR) is 50.8 cm³/mol. The summed E-state index contributed by atoms with van der Waals surface area (Å²) in [5.41, 5.74) is 0.403. The molecule has 0 aliphatic rings. The summed E-state index contributed by atoms with van der Waals surface area (Å²) in [6.07, 6.45) is 0.363. The van der Waals surface area contributed by atoms with Gasteiger partial charge in [-0.3, -0.25) is 9.78 Å². The molecule has 0 radical (unpaired) electrons. The molecule has 0 aromatic carbocycles. The molecule has 1 heterocycles. The van der Waals surface area contributed by atoms with Gasteiger partial charge in [0.25, 0.3) is 0 Å². The second-order valence-corrected chi connectivity index (χ2v) is 3.13. The Hall–Kier alpha value is -1.13. The minimum Gasteiger partial charge on any atom is -0.469 e. The van der Waals surface area contributed by atoms with Gasteiger partial charge in [-0.25, -0.2) is 0 Å². The maximum atomic E-state index is 10.8. The highest BCUT2D eigenvalue weighted by atomic mass is 35.5. The number of rotatable bonds is 3. The maximum absolute atomic E-state index is 10.8. The quantitative estimate of drug-likeness (QED) is 0.773. The first-order chi connectivity index (χ1) is 6.63. The molecule has 0 bridgehead atoms. The van der Waals surface area contributed by atoms with Crippen LogP contribution in [0.3, 0.4) is 0 Å². The van der Waals surface area contributed by atoms with Crippen LogP contribution in [0.2, 0.25) is 5.02 Å². The van der Waals surface area contributed by atoms with Crippen LogP contribution in [-0.2, 0) is 9.53 Å². The number of aliphatic hydroxyl groups is 1. The Kier molecular flexibility index (Phi) is 3.85. The molecule has 0 spiro atoms. The van der Waals surface area contributed by atoms with E-state index in [9.17, 15) is 9.90 Å². The molecular weight excluding hydrogens is 206 g/mol. The van der Waals surface area contributed by atoms with Crippen LogP contribution in [0.1, 0.15) is 18.2 Å². The van der Waals surface area contributed by atoms with E-state index in [0.29, 0.717) is 10.7 Å². The lowest BCUT2D eigenvalue weighted by Crippen LogP contribution is -2.09. The third-order valence-electron chi connectivity index (χ3n) is 1.68. The molecule has 0 aliphatic heterocycles. The highest BCUT2D eigenvalue weighted by molar-refractivity contribution is 6.30. The van der Waals surface area contributed by atoms with Crippen molar-refractivity contribution < 1.29 is 14.6 Å². The van der Waals surface area contributed by atoms with Gasteiger partial charge in [0.05, 0.1) is 24.2 Å². The van der Waals surface area contributed by atoms with Gasteiger partial charge < -0.3 is 9.84 Å². The Morgan fingerprint density at radius 2 is 2.43 bits per heavy atom. The minimum atomic E-state index is -0.945. The number of ether oxygens (including phenoxy) is 1. The van der Waals surface area contributed by atoms with Gasteiger partial charge in [-0.1, -0.05) is 11.6 Å². The third kappa shape index (κ3) is 2.97. The van der Waals surface area contributed by atoms with Crippen LogP contribution >= 0.6 is 11.6 Å². The Morgan fingerprint density at radius 1 is 1.71 bits per heavy atom. The van der Waals surface area contributed by atoms with Gasteiger partial charge in [0.1, 0.15) is 6.10 Å². The normalized spacial score (nSPS) is 12.2. The number of halogens is 1. The first-order valence-electron chi connectivity index (χ1n) is 4.00. The molecule has 5 heteroatoms. The Bertz CT molecular complexity index is 312. The van der Waals surface area contributed by atoms with Gasteiger partial charge in [-0.15, -0.1) is 0 Å². The molecule has 76 valence electrons. The maximum Gasteiger partial charge on any atom is 0.308 e. The minimum absolute atomic E-state index is 0.106. The molecule has 0 amide bonds. The van der Waals surface area contributed by atoms with Gasteiger partial charge >= 0.3 is 5.97 Å². The lowest BCUT2D eigenvalue weighted by Gasteiger charge is -2.07. The monoisotopic (exact) mass is 215 g/mol. The number of pyridine rings is 1. The van der Waals surface area contributed by atoms with E-state index in [2.05, 4.69) is 9.72 Å². The van der Waals surface area contributed by atoms with Crippen molar-refractivity contribution in [1.29, 1.82) is 0 Å². The second kappa shape index (κ2) is 4.93. The van der Waals surface area contributed by atoms with Crippen molar-refractivity contribution in [3.8, 4) is 0 Å². The summed E-state index contributed by atoms with van der Waals surface area (Å²) < 4.78 is 4.41. The van der Waals surface area contributed by atoms with E-state index in [1.54, 1.807) is 12.1 Å². The molecule has 0 fully saturated rings. The van der Waals surface area contributed by atoms with E-state index in [0.717, 1.165) is 0 Å². The highest BCUT2D eigenvalue weighted by Gasteiger charge is 2.13. The van der Waals surface area contributed by atoms with Crippen LogP contribution in [-0.4, -0.2) is 23.2 Å². The first kappa shape index (κ1) is 10.9. The van der Waals surface area contributed by atoms with Crippen molar-refractivity contribution in [1.82, 2.24) is 4.98 Å². The number of aliphatic hydroxyl groups excluding tert-OH is 1. The number of carbonyl (C=O) groups is 1. The topological polar surface area (TPSA) is 59.4 Å². The van der Waals surface area contributed by atoms with Gasteiger partial charge in [0, 0.05) is 6.20 Å². The van der Waals surface area contributed by atoms with E-state index < -0.39 is 12.1 Å². The SMILES string of the molecule is COC(=O)C[C@@H](O)c1ccc(Cl)cn1. The van der Waals surface area contributed by atoms with E-state index in [-0.39, 0.29) is 6.42 Å². The molecule has 0 unspecified atom stereocenters. The molecule has 1 rings (SSSR count). The Labute approximate surface area is 86.5 Å². The fourth-order valence-corrected chi connectivity index (χ4v) is 1.04. The zero-order chi connectivity index (χ0) is 10.6. The Balaban J connectivity index is 2.65. The standard InChI is InChI=1S/C9H10ClNO3/c1-14-9(13)4-8(12)7-3-2-6(10)5-11-7/h2-3,5,8,12H,4H2,1H3/t8-/m1/s1. The largest absolute Gasteiger partial charge is 0.469 e. The summed E-state index contributed by atoms with van der Waals surface area (Å²) in [7, 11) is 1.27. The average molecular weight is 216 g/mol. The molecule has 0 saturated carbocycles. The number of aromatic nitrogens is 1. The molecule has 1 N–H and O–H groups in total. The van der Waals surface area contributed by atoms with Crippen LogP contribution in [0.5, 0.6) is 0 Å². The van der Waals surface area contributed by atoms with Gasteiger partial charge in [-0.2, -0.15) is 0 Å². The molecule has 1 atom stereocenters. The van der Waals surface area contributed by atoms with E-state index in [1.165, 1.54) is 13.3 Å². The number of methoxy groups -OCH3 is 1. The molecule has 0 saturated heterocycles. The summed E-state index contributed by atoms with van der Waals surface area (Å²) in [6.45, 7) is 0. The fourth-order valence-electron chi connectivity index (χ4n) is 0.930. The molecular formula is C9H10ClNO3. The average Bonchev–Trinajstić information content (AvgIpc) is 2.18. The smallest absolute Gasteiger partial charge is 0.308 e. The van der Waals surface area contributed by atoms with Crippen LogP contribution in [0, 0.1) is 0 Å². The van der Waals surface area contributed by atoms with Crippen LogP contribution in [0.15, 0.2) is 18.3 Å². The summed E-state index contributed by atoms with van der Waals surface area (Å²) >= 11 is 5.61. The fraction of sp³-hybridized carbons (Fsp3) is 0.333. The summed E-state index contributed by atoms with van der Waals surface area (Å²) in [5, 5.41) is 9.99. The van der Waals surface area contributed by atoms with Crippen LogP contribution < -0.4 is 0 Å². The Morgan fingerprint density at radius 3 is 2.93 bits per heavy atom. The van der Waals surface area contributed by atoms with Crippen LogP contribution in [0.25, 0.3) is 0 Å². The number of hydrogen-bond donors (Lipinski definition) is 1. The van der Waals surface area contributed by atoms with Gasteiger partial charge in [0.2, 0.25) is 0 Å². The van der Waals surface area contributed by atoms with Crippen molar-refractivity contribution in [2.45, 2.75) is 12.5 Å². The number of esters is 1. The zero-order valence-electron chi connectivity index (χ0n) is 7.61. The molecule has 0 aliphatic carbocycles. The van der Waals surface area contributed by atoms with Gasteiger partial charge in [0.15, 0.2) is 0 Å². The van der Waals surface area contributed by atoms with Crippen molar-refractivity contribution >= 4 is 17.6 Å². The molecule has 1 aromatic rings. The highest BCUT2D eigenvalue weighted by Crippen LogP contribution is 2.16. The molecule has 4 nitrogen and oxygen atoms in total. The lowest BCUT2D eigenvalue weighted by atomic mass is 10.2. The van der Waals surface area contributed by atoms with E-state index in [4.69, 9.17) is 11.6 Å².